The van der Waals surface area contributed by atoms with Gasteiger partial charge in [-0.05, 0) is 36.4 Å². The summed E-state index contributed by atoms with van der Waals surface area (Å²) < 4.78 is 0. The molecule has 0 heterocycles. The molecule has 2 aromatic carbocycles. The highest BCUT2D eigenvalue weighted by molar-refractivity contribution is 6.37. The van der Waals surface area contributed by atoms with Gasteiger partial charge in [0.15, 0.2) is 0 Å². The number of hydrogen-bond donors (Lipinski definition) is 2. The van der Waals surface area contributed by atoms with Crippen LogP contribution in [0.25, 0.3) is 0 Å². The van der Waals surface area contributed by atoms with Crippen molar-refractivity contribution in [2.75, 3.05) is 11.1 Å². The molecular weight excluding hydrogens is 307 g/mol. The minimum Gasteiger partial charge on any atom is -0.397 e. The minimum absolute atomic E-state index is 0.284. The first kappa shape index (κ1) is 14.0. The van der Waals surface area contributed by atoms with Crippen molar-refractivity contribution in [3.8, 4) is 0 Å². The van der Waals surface area contributed by atoms with E-state index in [-0.39, 0.29) is 10.9 Å². The van der Waals surface area contributed by atoms with Gasteiger partial charge in [-0.15, -0.1) is 0 Å². The fourth-order valence-electron chi connectivity index (χ4n) is 1.49. The molecule has 3 N–H and O–H groups in total. The molecule has 3 nitrogen and oxygen atoms in total. The van der Waals surface area contributed by atoms with Crippen LogP contribution in [0.1, 0.15) is 10.4 Å². The lowest BCUT2D eigenvalue weighted by Crippen LogP contribution is -2.12. The Kier molecular flexibility index (Phi) is 4.20. The Balaban J connectivity index is 2.23. The molecule has 6 heteroatoms. The van der Waals surface area contributed by atoms with Crippen LogP contribution >= 0.6 is 34.8 Å². The van der Waals surface area contributed by atoms with Crippen LogP contribution in [-0.2, 0) is 0 Å². The fourth-order valence-corrected chi connectivity index (χ4v) is 2.11. The van der Waals surface area contributed by atoms with E-state index < -0.39 is 0 Å². The van der Waals surface area contributed by atoms with E-state index in [4.69, 9.17) is 40.5 Å². The first-order valence-corrected chi connectivity index (χ1v) is 6.42. The topological polar surface area (TPSA) is 55.1 Å². The molecule has 0 unspecified atom stereocenters. The van der Waals surface area contributed by atoms with Gasteiger partial charge in [-0.2, -0.15) is 0 Å². The summed E-state index contributed by atoms with van der Waals surface area (Å²) in [5, 5.41) is 3.87. The molecule has 98 valence electrons. The summed E-state index contributed by atoms with van der Waals surface area (Å²) >= 11 is 17.5. The molecule has 0 aliphatic heterocycles. The molecule has 0 atom stereocenters. The monoisotopic (exact) mass is 314 g/mol. The maximum atomic E-state index is 12.0. The normalized spacial score (nSPS) is 10.3. The van der Waals surface area contributed by atoms with E-state index in [2.05, 4.69) is 5.32 Å². The Hall–Kier alpha value is -1.42. The highest BCUT2D eigenvalue weighted by atomic mass is 35.5. The number of nitrogens with two attached hydrogens (primary N) is 1. The molecule has 0 saturated heterocycles. The van der Waals surface area contributed by atoms with Gasteiger partial charge in [-0.25, -0.2) is 0 Å². The van der Waals surface area contributed by atoms with Crippen molar-refractivity contribution < 1.29 is 4.79 Å². The predicted octanol–water partition coefficient (Wildman–Crippen LogP) is 4.48. The number of amides is 1. The van der Waals surface area contributed by atoms with Crippen LogP contribution in [0.15, 0.2) is 36.4 Å². The summed E-state index contributed by atoms with van der Waals surface area (Å²) in [6, 6.07) is 9.49. The van der Waals surface area contributed by atoms with Gasteiger partial charge < -0.3 is 11.1 Å². The molecule has 0 aliphatic rings. The lowest BCUT2D eigenvalue weighted by atomic mass is 10.2. The number of carbonyl (C=O) groups is 1. The second kappa shape index (κ2) is 5.70. The molecule has 0 fully saturated rings. The van der Waals surface area contributed by atoms with Crippen molar-refractivity contribution in [3.05, 3.63) is 57.0 Å². The third kappa shape index (κ3) is 3.32. The van der Waals surface area contributed by atoms with Gasteiger partial charge in [-0.1, -0.05) is 34.8 Å². The first-order chi connectivity index (χ1) is 8.97. The van der Waals surface area contributed by atoms with Crippen molar-refractivity contribution >= 4 is 52.1 Å². The zero-order chi connectivity index (χ0) is 14.0. The highest BCUT2D eigenvalue weighted by Crippen LogP contribution is 2.25. The van der Waals surface area contributed by atoms with Crippen LogP contribution in [0.3, 0.4) is 0 Å². The number of nitrogens with one attached hydrogen (secondary N) is 1. The van der Waals surface area contributed by atoms with Crippen molar-refractivity contribution in [1.29, 1.82) is 0 Å². The van der Waals surface area contributed by atoms with Crippen LogP contribution in [0.2, 0.25) is 15.1 Å². The van der Waals surface area contributed by atoms with E-state index in [1.807, 2.05) is 0 Å². The minimum atomic E-state index is -0.344. The van der Waals surface area contributed by atoms with Crippen LogP contribution in [0.4, 0.5) is 11.4 Å². The van der Waals surface area contributed by atoms with Gasteiger partial charge in [0.1, 0.15) is 0 Å². The van der Waals surface area contributed by atoms with E-state index in [9.17, 15) is 4.79 Å². The zero-order valence-electron chi connectivity index (χ0n) is 9.58. The van der Waals surface area contributed by atoms with Crippen molar-refractivity contribution in [3.63, 3.8) is 0 Å². The quantitative estimate of drug-likeness (QED) is 0.803. The summed E-state index contributed by atoms with van der Waals surface area (Å²) in [4.78, 5) is 12.0. The molecule has 2 aromatic rings. The number of carbonyl (C=O) groups excluding carboxylic acids is 1. The molecule has 0 aromatic heterocycles. The third-order valence-corrected chi connectivity index (χ3v) is 3.32. The molecule has 19 heavy (non-hydrogen) atoms. The molecule has 0 saturated carbocycles. The summed E-state index contributed by atoms with van der Waals surface area (Å²) in [5.41, 5.74) is 6.92. The maximum Gasteiger partial charge on any atom is 0.257 e. The molecule has 0 spiro atoms. The van der Waals surface area contributed by atoms with E-state index in [1.54, 1.807) is 30.3 Å². The molecule has 0 bridgehead atoms. The van der Waals surface area contributed by atoms with Gasteiger partial charge in [0.25, 0.3) is 5.91 Å². The first-order valence-electron chi connectivity index (χ1n) is 5.29. The summed E-state index contributed by atoms with van der Waals surface area (Å²) in [6.07, 6.45) is 0. The summed E-state index contributed by atoms with van der Waals surface area (Å²) in [6.45, 7) is 0. The van der Waals surface area contributed by atoms with Crippen LogP contribution in [-0.4, -0.2) is 5.91 Å². The predicted molar refractivity (Wildman–Crippen MR) is 80.3 cm³/mol. The van der Waals surface area contributed by atoms with E-state index in [0.717, 1.165) is 0 Å². The smallest absolute Gasteiger partial charge is 0.257 e. The largest absolute Gasteiger partial charge is 0.397 e. The molecule has 2 rings (SSSR count). The van der Waals surface area contributed by atoms with E-state index in [1.165, 1.54) is 6.07 Å². The Morgan fingerprint density at radius 2 is 1.74 bits per heavy atom. The molecule has 0 radical (unpaired) electrons. The molecule has 1 amide bonds. The second-order valence-electron chi connectivity index (χ2n) is 3.81. The van der Waals surface area contributed by atoms with Crippen molar-refractivity contribution in [1.82, 2.24) is 0 Å². The maximum absolute atomic E-state index is 12.0. The summed E-state index contributed by atoms with van der Waals surface area (Å²) in [7, 11) is 0. The average Bonchev–Trinajstić information content (AvgIpc) is 2.33. The SMILES string of the molecule is Nc1cc(NC(=O)c2ccc(Cl)cc2Cl)ccc1Cl. The average molecular weight is 316 g/mol. The lowest BCUT2D eigenvalue weighted by Gasteiger charge is -2.08. The zero-order valence-corrected chi connectivity index (χ0v) is 11.9. The fraction of sp³-hybridized carbons (Fsp3) is 0. The van der Waals surface area contributed by atoms with Crippen molar-refractivity contribution in [2.24, 2.45) is 0 Å². The Morgan fingerprint density at radius 1 is 1.00 bits per heavy atom. The van der Waals surface area contributed by atoms with Gasteiger partial charge in [0.05, 0.1) is 21.3 Å². The Morgan fingerprint density at radius 3 is 2.37 bits per heavy atom. The van der Waals surface area contributed by atoms with Gasteiger partial charge in [-0.3, -0.25) is 4.79 Å². The lowest BCUT2D eigenvalue weighted by molar-refractivity contribution is 0.102. The molecular formula is C13H9Cl3N2O. The highest BCUT2D eigenvalue weighted by Gasteiger charge is 2.11. The number of halogens is 3. The van der Waals surface area contributed by atoms with E-state index >= 15 is 0 Å². The Bertz CT molecular complexity index is 644. The third-order valence-electron chi connectivity index (χ3n) is 2.43. The Labute approximate surface area is 125 Å². The number of hydrogen-bond acceptors (Lipinski definition) is 2. The van der Waals surface area contributed by atoms with E-state index in [0.29, 0.717) is 27.0 Å². The molecule has 0 aliphatic carbocycles. The van der Waals surface area contributed by atoms with Gasteiger partial charge >= 0.3 is 0 Å². The van der Waals surface area contributed by atoms with Crippen molar-refractivity contribution in [2.45, 2.75) is 0 Å². The number of rotatable bonds is 2. The second-order valence-corrected chi connectivity index (χ2v) is 5.07. The standard InChI is InChI=1S/C13H9Cl3N2O/c14-7-1-3-9(11(16)5-7)13(19)18-8-2-4-10(15)12(17)6-8/h1-6H,17H2,(H,18,19). The number of nitrogen functional groups attached to an aromatic ring is 1. The van der Waals surface area contributed by atoms with Crippen LogP contribution < -0.4 is 11.1 Å². The van der Waals surface area contributed by atoms with Gasteiger partial charge in [0.2, 0.25) is 0 Å². The number of anilines is 2. The van der Waals surface area contributed by atoms with Gasteiger partial charge in [0, 0.05) is 10.7 Å². The van der Waals surface area contributed by atoms with Crippen LogP contribution in [0, 0.1) is 0 Å². The number of benzene rings is 2. The van der Waals surface area contributed by atoms with Crippen LogP contribution in [0.5, 0.6) is 0 Å². The summed E-state index contributed by atoms with van der Waals surface area (Å²) in [5.74, 6) is -0.344.